The molecule has 1 rings (SSSR count). The number of benzene rings is 1. The minimum absolute atomic E-state index is 0.821. The molecule has 0 spiro atoms. The Morgan fingerprint density at radius 2 is 2.21 bits per heavy atom. The molecule has 1 aromatic rings. The molecule has 0 atom stereocenters. The van der Waals surface area contributed by atoms with Gasteiger partial charge >= 0.3 is 30.0 Å². The van der Waals surface area contributed by atoms with Gasteiger partial charge in [-0.05, 0) is 6.42 Å². The summed E-state index contributed by atoms with van der Waals surface area (Å²) in [6.07, 6.45) is 2.30. The molecule has 0 aromatic heterocycles. The molecule has 0 amide bonds. The molecule has 0 unspecified atom stereocenters. The third-order valence-corrected chi connectivity index (χ3v) is 1.77. The standard InChI is InChI=1S/C11H15O.BrH.Zn/c1-3-4-9-12-11-8-6-5-7-10(11)2;;/h6-8H,3-4,9H2,1-2H3;1H;/q-1;;+2/p-1. The molecule has 0 aliphatic heterocycles. The van der Waals surface area contributed by atoms with Crippen molar-refractivity contribution in [3.05, 3.63) is 29.8 Å². The van der Waals surface area contributed by atoms with Gasteiger partial charge in [-0.1, -0.05) is 20.3 Å². The molecule has 0 radical (unpaired) electrons. The molecule has 0 saturated carbocycles. The Morgan fingerprint density at radius 1 is 1.50 bits per heavy atom. The van der Waals surface area contributed by atoms with E-state index in [0.717, 1.165) is 24.3 Å². The number of hydrogen-bond acceptors (Lipinski definition) is 1. The van der Waals surface area contributed by atoms with Crippen LogP contribution >= 0.6 is 13.6 Å². The second-order valence-electron chi connectivity index (χ2n) is 2.89. The van der Waals surface area contributed by atoms with Crippen LogP contribution in [0.15, 0.2) is 18.2 Å². The SMILES string of the molecule is CCCCOc1cc[c-]cc1C.[Zn+][Br]. The van der Waals surface area contributed by atoms with Crippen molar-refractivity contribution in [1.82, 2.24) is 0 Å². The van der Waals surface area contributed by atoms with Gasteiger partial charge in [0.05, 0.1) is 6.61 Å². The van der Waals surface area contributed by atoms with Crippen molar-refractivity contribution in [1.29, 1.82) is 0 Å². The number of ether oxygens (including phenoxy) is 1. The Kier molecular flexibility index (Phi) is 9.75. The Bertz CT molecular complexity index is 240. The summed E-state index contributed by atoms with van der Waals surface area (Å²) in [6, 6.07) is 8.80. The van der Waals surface area contributed by atoms with Gasteiger partial charge in [0.25, 0.3) is 0 Å². The first kappa shape index (κ1) is 14.1. The van der Waals surface area contributed by atoms with E-state index >= 15 is 0 Å². The van der Waals surface area contributed by atoms with Gasteiger partial charge in [0.15, 0.2) is 0 Å². The molecule has 1 aromatic carbocycles. The van der Waals surface area contributed by atoms with Crippen LogP contribution in [0, 0.1) is 13.0 Å². The summed E-state index contributed by atoms with van der Waals surface area (Å²) < 4.78 is 5.56. The second-order valence-corrected chi connectivity index (χ2v) is 2.89. The van der Waals surface area contributed by atoms with Crippen molar-refractivity contribution in [2.75, 3.05) is 6.61 Å². The van der Waals surface area contributed by atoms with Crippen LogP contribution in [0.4, 0.5) is 0 Å². The van der Waals surface area contributed by atoms with Crippen molar-refractivity contribution in [2.24, 2.45) is 0 Å². The molecule has 0 aliphatic carbocycles. The van der Waals surface area contributed by atoms with Crippen LogP contribution < -0.4 is 4.74 Å². The Hall–Kier alpha value is 0.123. The molecule has 3 heteroatoms. The first-order chi connectivity index (χ1) is 6.84. The predicted octanol–water partition coefficient (Wildman–Crippen LogP) is 3.82. The number of halogens is 1. The molecule has 0 fully saturated rings. The van der Waals surface area contributed by atoms with Gasteiger partial charge < -0.3 is 4.74 Å². The van der Waals surface area contributed by atoms with Crippen molar-refractivity contribution >= 4 is 13.6 Å². The van der Waals surface area contributed by atoms with E-state index in [2.05, 4.69) is 26.6 Å². The molecule has 0 bridgehead atoms. The quantitative estimate of drug-likeness (QED) is 0.467. The summed E-state index contributed by atoms with van der Waals surface area (Å²) in [7, 11) is 0. The van der Waals surface area contributed by atoms with Crippen LogP contribution in [0.1, 0.15) is 25.3 Å². The maximum absolute atomic E-state index is 5.56. The molecule has 0 N–H and O–H groups in total. The predicted molar refractivity (Wildman–Crippen MR) is 59.3 cm³/mol. The first-order valence-corrected chi connectivity index (χ1v) is 11.7. The molecular weight excluding hydrogens is 293 g/mol. The van der Waals surface area contributed by atoms with Crippen molar-refractivity contribution < 1.29 is 21.1 Å². The fraction of sp³-hybridized carbons (Fsp3) is 0.455. The fourth-order valence-electron chi connectivity index (χ4n) is 0.988. The number of aryl methyl sites for hydroxylation is 1. The Morgan fingerprint density at radius 3 is 2.79 bits per heavy atom. The van der Waals surface area contributed by atoms with Gasteiger partial charge in [-0.25, -0.2) is 0 Å². The van der Waals surface area contributed by atoms with Gasteiger partial charge in [0.1, 0.15) is 0 Å². The molecule has 14 heavy (non-hydrogen) atoms. The van der Waals surface area contributed by atoms with Crippen LogP contribution in [0.3, 0.4) is 0 Å². The van der Waals surface area contributed by atoms with Gasteiger partial charge in [-0.15, -0.1) is 11.6 Å². The van der Waals surface area contributed by atoms with Gasteiger partial charge in [-0.3, -0.25) is 0 Å². The molecule has 0 heterocycles. The zero-order valence-corrected chi connectivity index (χ0v) is 13.4. The van der Waals surface area contributed by atoms with Crippen LogP contribution in [0.25, 0.3) is 0 Å². The van der Waals surface area contributed by atoms with Crippen molar-refractivity contribution in [2.45, 2.75) is 26.7 Å². The van der Waals surface area contributed by atoms with E-state index in [1.54, 1.807) is 0 Å². The van der Waals surface area contributed by atoms with Crippen LogP contribution in [-0.2, 0) is 16.3 Å². The second kappa shape index (κ2) is 9.67. The molecule has 0 saturated heterocycles. The van der Waals surface area contributed by atoms with E-state index in [1.165, 1.54) is 22.8 Å². The number of unbranched alkanes of at least 4 members (excludes halogenated alkanes) is 1. The average molecular weight is 309 g/mol. The molecule has 1 nitrogen and oxygen atoms in total. The van der Waals surface area contributed by atoms with Crippen LogP contribution in [0.5, 0.6) is 5.75 Å². The maximum atomic E-state index is 5.56. The van der Waals surface area contributed by atoms with Crippen LogP contribution in [-0.4, -0.2) is 6.61 Å². The van der Waals surface area contributed by atoms with Crippen molar-refractivity contribution in [3.63, 3.8) is 0 Å². The third kappa shape index (κ3) is 5.77. The van der Waals surface area contributed by atoms with Crippen LogP contribution in [0.2, 0.25) is 0 Å². The van der Waals surface area contributed by atoms with Gasteiger partial charge in [0, 0.05) is 5.75 Å². The summed E-state index contributed by atoms with van der Waals surface area (Å²) in [4.78, 5) is 0. The van der Waals surface area contributed by atoms with Gasteiger partial charge in [-0.2, -0.15) is 18.2 Å². The average Bonchev–Trinajstić information content (AvgIpc) is 2.24. The van der Waals surface area contributed by atoms with E-state index in [-0.39, 0.29) is 0 Å². The molecule has 0 aliphatic rings. The van der Waals surface area contributed by atoms with Crippen molar-refractivity contribution in [3.8, 4) is 5.75 Å². The normalized spacial score (nSPS) is 8.93. The molecule has 74 valence electrons. The Labute approximate surface area is 103 Å². The van der Waals surface area contributed by atoms with E-state index < -0.39 is 0 Å². The van der Waals surface area contributed by atoms with E-state index in [1.807, 2.05) is 25.1 Å². The summed E-state index contributed by atoms with van der Waals surface area (Å²) >= 11 is 4.25. The zero-order chi connectivity index (χ0) is 10.8. The number of rotatable bonds is 4. The molecular formula is C11H15BrOZn. The fourth-order valence-corrected chi connectivity index (χ4v) is 0.988. The monoisotopic (exact) mass is 306 g/mol. The Balaban J connectivity index is 0.000000791. The summed E-state index contributed by atoms with van der Waals surface area (Å²) in [6.45, 7) is 5.02. The topological polar surface area (TPSA) is 9.23 Å². The summed E-state index contributed by atoms with van der Waals surface area (Å²) in [5.74, 6) is 0.988. The third-order valence-electron chi connectivity index (χ3n) is 1.77. The summed E-state index contributed by atoms with van der Waals surface area (Å²) in [5.41, 5.74) is 1.16. The first-order valence-electron chi connectivity index (χ1n) is 4.71. The van der Waals surface area contributed by atoms with Gasteiger partial charge in [0.2, 0.25) is 0 Å². The van der Waals surface area contributed by atoms with E-state index in [9.17, 15) is 0 Å². The minimum atomic E-state index is 0.821. The number of hydrogen-bond donors (Lipinski definition) is 0. The zero-order valence-electron chi connectivity index (χ0n) is 8.85. The van der Waals surface area contributed by atoms with E-state index in [4.69, 9.17) is 4.74 Å². The van der Waals surface area contributed by atoms with E-state index in [0.29, 0.717) is 0 Å². The summed E-state index contributed by atoms with van der Waals surface area (Å²) in [5, 5.41) is 0.